The SMILES string of the molecule is C[C@H]1CN(C(=O)OC(C)(C)C)CC[C@H]1CN1CCC(c2ccc3c(C4CCC(=O)NC4=O)nn(C)c3c2F)CC1. The Kier molecular flexibility index (Phi) is 7.92. The zero-order chi connectivity index (χ0) is 28.8. The van der Waals surface area contributed by atoms with Gasteiger partial charge < -0.3 is 14.5 Å². The quantitative estimate of drug-likeness (QED) is 0.565. The van der Waals surface area contributed by atoms with Crippen LogP contribution in [0.25, 0.3) is 10.9 Å². The average molecular weight is 556 g/mol. The van der Waals surface area contributed by atoms with Crippen molar-refractivity contribution in [3.63, 3.8) is 0 Å². The molecule has 0 aliphatic carbocycles. The van der Waals surface area contributed by atoms with Gasteiger partial charge in [0, 0.05) is 38.5 Å². The van der Waals surface area contributed by atoms with Gasteiger partial charge in [-0.25, -0.2) is 9.18 Å². The summed E-state index contributed by atoms with van der Waals surface area (Å²) in [6.45, 7) is 12.1. The molecule has 0 spiro atoms. The zero-order valence-electron chi connectivity index (χ0n) is 24.3. The highest BCUT2D eigenvalue weighted by Crippen LogP contribution is 2.37. The number of hydrogen-bond donors (Lipinski definition) is 1. The van der Waals surface area contributed by atoms with Crippen LogP contribution in [0.3, 0.4) is 0 Å². The minimum Gasteiger partial charge on any atom is -0.444 e. The molecule has 4 heterocycles. The molecule has 5 rings (SSSR count). The van der Waals surface area contributed by atoms with Gasteiger partial charge >= 0.3 is 6.09 Å². The predicted molar refractivity (Wildman–Crippen MR) is 149 cm³/mol. The number of aromatic nitrogens is 2. The van der Waals surface area contributed by atoms with Crippen molar-refractivity contribution in [2.75, 3.05) is 32.7 Å². The number of rotatable bonds is 4. The summed E-state index contributed by atoms with van der Waals surface area (Å²) in [4.78, 5) is 40.8. The number of fused-ring (bicyclic) bond motifs is 1. The molecule has 0 saturated carbocycles. The standard InChI is InChI=1S/C30H42FN5O4/c1-18-16-36(29(39)40-30(2,3)4)15-12-20(18)17-35-13-10-19(11-14-35)21-6-7-22-26(33-34(5)27(22)25(21)31)23-8-9-24(37)32-28(23)38/h6-7,18-20,23H,8-17H2,1-5H3,(H,32,37,38)/t18-,20-,23?/m0/s1. The molecule has 3 fully saturated rings. The molecule has 3 saturated heterocycles. The Labute approximate surface area is 235 Å². The average Bonchev–Trinajstić information content (AvgIpc) is 3.21. The van der Waals surface area contributed by atoms with Crippen molar-refractivity contribution in [2.24, 2.45) is 18.9 Å². The molecule has 9 nitrogen and oxygen atoms in total. The summed E-state index contributed by atoms with van der Waals surface area (Å²) in [7, 11) is 1.71. The third kappa shape index (κ3) is 5.87. The topological polar surface area (TPSA) is 96.8 Å². The highest BCUT2D eigenvalue weighted by Gasteiger charge is 2.35. The summed E-state index contributed by atoms with van der Waals surface area (Å²) in [5, 5.41) is 7.54. The van der Waals surface area contributed by atoms with Gasteiger partial charge in [-0.2, -0.15) is 5.10 Å². The highest BCUT2D eigenvalue weighted by molar-refractivity contribution is 6.02. The zero-order valence-corrected chi connectivity index (χ0v) is 24.3. The van der Waals surface area contributed by atoms with Crippen LogP contribution in [0, 0.1) is 17.7 Å². The van der Waals surface area contributed by atoms with Crippen molar-refractivity contribution in [1.29, 1.82) is 0 Å². The van der Waals surface area contributed by atoms with E-state index in [1.165, 1.54) is 4.68 Å². The van der Waals surface area contributed by atoms with E-state index in [1.54, 1.807) is 7.05 Å². The Morgan fingerprint density at radius 3 is 2.50 bits per heavy atom. The van der Waals surface area contributed by atoms with E-state index in [9.17, 15) is 14.4 Å². The number of ether oxygens (including phenoxy) is 1. The third-order valence-corrected chi connectivity index (χ3v) is 8.83. The first-order chi connectivity index (χ1) is 18.9. The lowest BCUT2D eigenvalue weighted by Gasteiger charge is -2.41. The molecule has 1 aromatic carbocycles. The molecule has 3 aliphatic rings. The van der Waals surface area contributed by atoms with Gasteiger partial charge in [0.15, 0.2) is 5.82 Å². The summed E-state index contributed by atoms with van der Waals surface area (Å²) in [5.74, 6) is -0.410. The normalized spacial score (nSPS) is 25.4. The summed E-state index contributed by atoms with van der Waals surface area (Å²) in [6.07, 6.45) is 3.14. The molecular formula is C30H42FN5O4. The number of amides is 3. The van der Waals surface area contributed by atoms with Crippen molar-refractivity contribution in [3.8, 4) is 0 Å². The van der Waals surface area contributed by atoms with Crippen molar-refractivity contribution in [2.45, 2.75) is 77.2 Å². The Hall–Kier alpha value is -3.01. The van der Waals surface area contributed by atoms with Gasteiger partial charge in [-0.15, -0.1) is 0 Å². The molecule has 3 amide bonds. The Morgan fingerprint density at radius 2 is 1.85 bits per heavy atom. The first-order valence-corrected chi connectivity index (χ1v) is 14.6. The number of carbonyl (C=O) groups excluding carboxylic acids is 3. The Morgan fingerprint density at radius 1 is 1.12 bits per heavy atom. The van der Waals surface area contributed by atoms with E-state index in [4.69, 9.17) is 4.74 Å². The number of nitrogens with zero attached hydrogens (tertiary/aromatic N) is 4. The maximum Gasteiger partial charge on any atom is 0.410 e. The molecule has 3 aliphatic heterocycles. The molecule has 40 heavy (non-hydrogen) atoms. The molecule has 10 heteroatoms. The smallest absolute Gasteiger partial charge is 0.410 e. The van der Waals surface area contributed by atoms with Crippen LogP contribution in [0.4, 0.5) is 9.18 Å². The monoisotopic (exact) mass is 555 g/mol. The number of halogens is 1. The van der Waals surface area contributed by atoms with Crippen molar-refractivity contribution in [1.82, 2.24) is 24.9 Å². The van der Waals surface area contributed by atoms with Crippen LogP contribution in [-0.4, -0.2) is 75.8 Å². The van der Waals surface area contributed by atoms with E-state index in [0.29, 0.717) is 47.0 Å². The van der Waals surface area contributed by atoms with Gasteiger partial charge in [-0.1, -0.05) is 19.1 Å². The number of aryl methyl sites for hydroxylation is 1. The Bertz CT molecular complexity index is 1290. The first-order valence-electron chi connectivity index (χ1n) is 14.6. The van der Waals surface area contributed by atoms with E-state index in [1.807, 2.05) is 37.8 Å². The van der Waals surface area contributed by atoms with Crippen LogP contribution in [0.1, 0.15) is 82.9 Å². The maximum absolute atomic E-state index is 15.9. The summed E-state index contributed by atoms with van der Waals surface area (Å²) in [5.41, 5.74) is 1.18. The van der Waals surface area contributed by atoms with Crippen LogP contribution in [-0.2, 0) is 21.4 Å². The number of piperidine rings is 3. The molecule has 1 N–H and O–H groups in total. The predicted octanol–water partition coefficient (Wildman–Crippen LogP) is 4.31. The van der Waals surface area contributed by atoms with Gasteiger partial charge in [0.1, 0.15) is 11.1 Å². The number of imide groups is 1. The number of carbonyl (C=O) groups is 3. The molecule has 1 aromatic heterocycles. The molecule has 0 bridgehead atoms. The first kappa shape index (κ1) is 28.5. The molecule has 218 valence electrons. The molecule has 3 atom stereocenters. The minimum atomic E-state index is -0.548. The van der Waals surface area contributed by atoms with Crippen molar-refractivity contribution < 1.29 is 23.5 Å². The number of nitrogens with one attached hydrogen (secondary N) is 1. The maximum atomic E-state index is 15.9. The Balaban J connectivity index is 1.20. The van der Waals surface area contributed by atoms with Gasteiger partial charge in [-0.3, -0.25) is 19.6 Å². The van der Waals surface area contributed by atoms with Gasteiger partial charge in [0.2, 0.25) is 11.8 Å². The second kappa shape index (κ2) is 11.1. The van der Waals surface area contributed by atoms with Crippen LogP contribution < -0.4 is 5.32 Å². The van der Waals surface area contributed by atoms with E-state index >= 15 is 4.39 Å². The number of hydrogen-bond acceptors (Lipinski definition) is 6. The fourth-order valence-corrected chi connectivity index (χ4v) is 6.61. The van der Waals surface area contributed by atoms with Crippen molar-refractivity contribution in [3.05, 3.63) is 29.2 Å². The number of likely N-dealkylation sites (tertiary alicyclic amines) is 2. The van der Waals surface area contributed by atoms with E-state index in [-0.39, 0.29) is 36.1 Å². The highest BCUT2D eigenvalue weighted by atomic mass is 19.1. The van der Waals surface area contributed by atoms with E-state index in [2.05, 4.69) is 22.2 Å². The van der Waals surface area contributed by atoms with Crippen LogP contribution in [0.15, 0.2) is 12.1 Å². The molecule has 1 unspecified atom stereocenters. The lowest BCUT2D eigenvalue weighted by Crippen LogP contribution is -2.48. The second-order valence-corrected chi connectivity index (χ2v) is 12.9. The lowest BCUT2D eigenvalue weighted by atomic mass is 9.84. The fraction of sp³-hybridized carbons (Fsp3) is 0.667. The van der Waals surface area contributed by atoms with Crippen LogP contribution in [0.5, 0.6) is 0 Å². The minimum absolute atomic E-state index is 0.126. The van der Waals surface area contributed by atoms with E-state index < -0.39 is 11.5 Å². The van der Waals surface area contributed by atoms with Crippen LogP contribution in [0.2, 0.25) is 0 Å². The van der Waals surface area contributed by atoms with Gasteiger partial charge in [0.05, 0.1) is 11.6 Å². The largest absolute Gasteiger partial charge is 0.444 e. The summed E-state index contributed by atoms with van der Waals surface area (Å²) >= 11 is 0. The molecule has 2 aromatic rings. The van der Waals surface area contributed by atoms with Crippen LogP contribution >= 0.6 is 0 Å². The summed E-state index contributed by atoms with van der Waals surface area (Å²) in [6, 6.07) is 3.76. The van der Waals surface area contributed by atoms with E-state index in [0.717, 1.165) is 45.4 Å². The van der Waals surface area contributed by atoms with Gasteiger partial charge in [0.25, 0.3) is 0 Å². The fourth-order valence-electron chi connectivity index (χ4n) is 6.61. The van der Waals surface area contributed by atoms with Crippen molar-refractivity contribution >= 4 is 28.8 Å². The second-order valence-electron chi connectivity index (χ2n) is 12.9. The summed E-state index contributed by atoms with van der Waals surface area (Å²) < 4.78 is 23.0. The van der Waals surface area contributed by atoms with Gasteiger partial charge in [-0.05, 0) is 82.9 Å². The lowest BCUT2D eigenvalue weighted by molar-refractivity contribution is -0.134. The third-order valence-electron chi connectivity index (χ3n) is 8.83. The molecule has 0 radical (unpaired) electrons. The number of benzene rings is 1. The molecular weight excluding hydrogens is 513 g/mol.